The molecule has 3 heteroatoms. The second-order valence-corrected chi connectivity index (χ2v) is 3.46. The van der Waals surface area contributed by atoms with Crippen molar-refractivity contribution in [1.82, 2.24) is 0 Å². The van der Waals surface area contributed by atoms with Gasteiger partial charge in [0.15, 0.2) is 0 Å². The van der Waals surface area contributed by atoms with Gasteiger partial charge in [0, 0.05) is 12.3 Å². The predicted molar refractivity (Wildman–Crippen MR) is 37.8 cm³/mol. The summed E-state index contributed by atoms with van der Waals surface area (Å²) < 4.78 is 0. The molecule has 1 nitrogen and oxygen atoms in total. The maximum absolute atomic E-state index is 10.8. The molecule has 1 fully saturated rings. The summed E-state index contributed by atoms with van der Waals surface area (Å²) in [6.45, 7) is 0. The Labute approximate surface area is 64.3 Å². The fourth-order valence-corrected chi connectivity index (χ4v) is 1.64. The van der Waals surface area contributed by atoms with Gasteiger partial charge in [0.05, 0.1) is 0 Å². The molecule has 0 aliphatic heterocycles. The monoisotopic (exact) mass is 166 g/mol. The summed E-state index contributed by atoms with van der Waals surface area (Å²) in [4.78, 5) is 10.4. The summed E-state index contributed by atoms with van der Waals surface area (Å²) in [5.74, 6) is 0.151. The van der Waals surface area contributed by atoms with Crippen LogP contribution in [0, 0.1) is 5.92 Å². The smallest absolute Gasteiger partial charge is 0.138 e. The molecule has 0 N–H and O–H groups in total. The minimum atomic E-state index is -0.486. The third-order valence-electron chi connectivity index (χ3n) is 1.66. The van der Waals surface area contributed by atoms with Gasteiger partial charge in [0.25, 0.3) is 0 Å². The van der Waals surface area contributed by atoms with Crippen molar-refractivity contribution in [1.29, 1.82) is 0 Å². The Morgan fingerprint density at radius 3 is 2.44 bits per heavy atom. The first-order valence-corrected chi connectivity index (χ1v) is 3.90. The normalized spacial score (nSPS) is 27.9. The number of hydrogen-bond acceptors (Lipinski definition) is 1. The van der Waals surface area contributed by atoms with Crippen LogP contribution in [0.15, 0.2) is 0 Å². The van der Waals surface area contributed by atoms with Crippen LogP contribution in [0.5, 0.6) is 0 Å². The zero-order valence-electron chi connectivity index (χ0n) is 4.94. The molecule has 0 heterocycles. The fourth-order valence-electron chi connectivity index (χ4n) is 1.11. The molecule has 0 saturated heterocycles. The van der Waals surface area contributed by atoms with Crippen molar-refractivity contribution in [2.75, 3.05) is 0 Å². The van der Waals surface area contributed by atoms with Crippen LogP contribution in [-0.4, -0.2) is 10.6 Å². The van der Waals surface area contributed by atoms with Gasteiger partial charge in [-0.25, -0.2) is 0 Å². The molecule has 0 amide bonds. The topological polar surface area (TPSA) is 17.1 Å². The van der Waals surface area contributed by atoms with E-state index in [-0.39, 0.29) is 11.7 Å². The van der Waals surface area contributed by atoms with Crippen LogP contribution in [-0.2, 0) is 4.79 Å². The number of carbonyl (C=O) groups excluding carboxylic acids is 1. The van der Waals surface area contributed by atoms with Crippen LogP contribution in [0.25, 0.3) is 0 Å². The van der Waals surface area contributed by atoms with Gasteiger partial charge in [-0.2, -0.15) is 0 Å². The fraction of sp³-hybridized carbons (Fsp3) is 0.833. The van der Waals surface area contributed by atoms with Gasteiger partial charge >= 0.3 is 0 Å². The van der Waals surface area contributed by atoms with Crippen LogP contribution < -0.4 is 0 Å². The van der Waals surface area contributed by atoms with Crippen LogP contribution in [0.3, 0.4) is 0 Å². The minimum absolute atomic E-state index is 0.0756. The molecule has 0 aromatic heterocycles. The van der Waals surface area contributed by atoms with Gasteiger partial charge in [0.1, 0.15) is 10.6 Å². The standard InChI is InChI=1S/C6H8Cl2O/c7-6(8)4-2-1-3-5(4)9/h4,6H,1-3H2. The van der Waals surface area contributed by atoms with Crippen LogP contribution >= 0.6 is 23.2 Å². The van der Waals surface area contributed by atoms with Gasteiger partial charge in [-0.15, -0.1) is 23.2 Å². The first kappa shape index (κ1) is 7.36. The zero-order chi connectivity index (χ0) is 6.85. The van der Waals surface area contributed by atoms with E-state index in [1.54, 1.807) is 0 Å². The molecule has 1 atom stereocenters. The summed E-state index contributed by atoms with van der Waals surface area (Å²) in [5.41, 5.74) is 0. The van der Waals surface area contributed by atoms with E-state index in [0.29, 0.717) is 6.42 Å². The summed E-state index contributed by atoms with van der Waals surface area (Å²) >= 11 is 11.0. The third kappa shape index (κ3) is 1.59. The Morgan fingerprint density at radius 2 is 2.22 bits per heavy atom. The highest BCUT2D eigenvalue weighted by molar-refractivity contribution is 6.45. The number of ketones is 1. The Hall–Kier alpha value is 0.250. The lowest BCUT2D eigenvalue weighted by Crippen LogP contribution is -2.13. The average molecular weight is 167 g/mol. The van der Waals surface area contributed by atoms with Gasteiger partial charge in [-0.3, -0.25) is 4.79 Å². The predicted octanol–water partition coefficient (Wildman–Crippen LogP) is 2.16. The molecular weight excluding hydrogens is 159 g/mol. The number of Topliss-reactive ketones (excluding diaryl/α,β-unsaturated/α-hetero) is 1. The van der Waals surface area contributed by atoms with Crippen molar-refractivity contribution in [3.05, 3.63) is 0 Å². The molecule has 9 heavy (non-hydrogen) atoms. The average Bonchev–Trinajstić information content (AvgIpc) is 2.13. The van der Waals surface area contributed by atoms with Crippen molar-refractivity contribution in [2.45, 2.75) is 24.1 Å². The molecule has 1 saturated carbocycles. The summed E-state index contributed by atoms with van der Waals surface area (Å²) in [5, 5.41) is 0. The Balaban J connectivity index is 2.49. The van der Waals surface area contributed by atoms with E-state index in [4.69, 9.17) is 23.2 Å². The first-order valence-electron chi connectivity index (χ1n) is 3.02. The van der Waals surface area contributed by atoms with Crippen molar-refractivity contribution < 1.29 is 4.79 Å². The maximum Gasteiger partial charge on any atom is 0.138 e. The number of alkyl halides is 2. The van der Waals surface area contributed by atoms with Crippen molar-refractivity contribution >= 4 is 29.0 Å². The van der Waals surface area contributed by atoms with Crippen LogP contribution in [0.1, 0.15) is 19.3 Å². The number of hydrogen-bond donors (Lipinski definition) is 0. The summed E-state index contributed by atoms with van der Waals surface area (Å²) in [6.07, 6.45) is 2.50. The van der Waals surface area contributed by atoms with Crippen LogP contribution in [0.2, 0.25) is 0 Å². The maximum atomic E-state index is 10.8. The van der Waals surface area contributed by atoms with E-state index in [1.807, 2.05) is 0 Å². The van der Waals surface area contributed by atoms with Gasteiger partial charge in [-0.1, -0.05) is 0 Å². The molecule has 52 valence electrons. The second kappa shape index (κ2) is 2.89. The molecule has 1 aliphatic rings. The van der Waals surface area contributed by atoms with Gasteiger partial charge in [0.2, 0.25) is 0 Å². The third-order valence-corrected chi connectivity index (χ3v) is 2.26. The largest absolute Gasteiger partial charge is 0.299 e. The lowest BCUT2D eigenvalue weighted by Gasteiger charge is -2.05. The molecule has 0 bridgehead atoms. The number of rotatable bonds is 1. The van der Waals surface area contributed by atoms with E-state index < -0.39 is 4.84 Å². The SMILES string of the molecule is O=C1CCCC1C(Cl)Cl. The second-order valence-electron chi connectivity index (χ2n) is 2.30. The molecular formula is C6H8Cl2O. The molecule has 0 spiro atoms. The van der Waals surface area contributed by atoms with E-state index in [1.165, 1.54) is 0 Å². The van der Waals surface area contributed by atoms with E-state index in [9.17, 15) is 4.79 Å². The van der Waals surface area contributed by atoms with Crippen molar-refractivity contribution in [3.8, 4) is 0 Å². The Morgan fingerprint density at radius 1 is 1.56 bits per heavy atom. The van der Waals surface area contributed by atoms with Gasteiger partial charge in [-0.05, 0) is 12.8 Å². The minimum Gasteiger partial charge on any atom is -0.299 e. The summed E-state index contributed by atoms with van der Waals surface area (Å²) in [6, 6.07) is 0. The number of halogens is 2. The molecule has 1 unspecified atom stereocenters. The van der Waals surface area contributed by atoms with Crippen LogP contribution in [0.4, 0.5) is 0 Å². The highest BCUT2D eigenvalue weighted by Gasteiger charge is 2.29. The molecule has 0 aromatic rings. The summed E-state index contributed by atoms with van der Waals surface area (Å²) in [7, 11) is 0. The molecule has 0 aromatic carbocycles. The first-order chi connectivity index (χ1) is 4.22. The van der Waals surface area contributed by atoms with Crippen molar-refractivity contribution in [2.24, 2.45) is 5.92 Å². The highest BCUT2D eigenvalue weighted by atomic mass is 35.5. The lowest BCUT2D eigenvalue weighted by atomic mass is 10.1. The van der Waals surface area contributed by atoms with E-state index >= 15 is 0 Å². The number of carbonyl (C=O) groups is 1. The van der Waals surface area contributed by atoms with E-state index in [0.717, 1.165) is 12.8 Å². The molecule has 0 radical (unpaired) electrons. The Bertz CT molecular complexity index is 122. The van der Waals surface area contributed by atoms with Crippen molar-refractivity contribution in [3.63, 3.8) is 0 Å². The van der Waals surface area contributed by atoms with E-state index in [2.05, 4.69) is 0 Å². The lowest BCUT2D eigenvalue weighted by molar-refractivity contribution is -0.120. The Kier molecular flexibility index (Phi) is 2.36. The molecule has 1 rings (SSSR count). The highest BCUT2D eigenvalue weighted by Crippen LogP contribution is 2.29. The van der Waals surface area contributed by atoms with Gasteiger partial charge < -0.3 is 0 Å². The molecule has 1 aliphatic carbocycles. The quantitative estimate of drug-likeness (QED) is 0.547. The zero-order valence-corrected chi connectivity index (χ0v) is 6.45.